The third-order valence-electron chi connectivity index (χ3n) is 4.43. The fourth-order valence-electron chi connectivity index (χ4n) is 3.25. The van der Waals surface area contributed by atoms with Crippen LogP contribution in [-0.2, 0) is 22.0 Å². The molecule has 3 unspecified atom stereocenters. The van der Waals surface area contributed by atoms with E-state index in [2.05, 4.69) is 6.92 Å². The standard InChI is InChI=1S/C17H23NO4S/c1-12-9-18(5-6-23(20)11-12)17(19)14-7-13-8-15(21-2)3-4-16(13)22-10-14/h3-4,8,12,14H,5-7,9-11H2,1-2H3. The first-order valence-electron chi connectivity index (χ1n) is 8.00. The maximum Gasteiger partial charge on any atom is 0.229 e. The molecule has 0 spiro atoms. The maximum absolute atomic E-state index is 12.8. The lowest BCUT2D eigenvalue weighted by Crippen LogP contribution is -2.43. The van der Waals surface area contributed by atoms with Crippen molar-refractivity contribution in [3.8, 4) is 11.5 Å². The van der Waals surface area contributed by atoms with E-state index in [0.717, 1.165) is 17.1 Å². The summed E-state index contributed by atoms with van der Waals surface area (Å²) in [6.45, 7) is 3.73. The van der Waals surface area contributed by atoms with Crippen LogP contribution in [0.25, 0.3) is 0 Å². The van der Waals surface area contributed by atoms with Crippen LogP contribution in [0.3, 0.4) is 0 Å². The molecule has 23 heavy (non-hydrogen) atoms. The average Bonchev–Trinajstić information content (AvgIpc) is 2.73. The number of benzene rings is 1. The first-order chi connectivity index (χ1) is 11.1. The first kappa shape index (κ1) is 16.3. The fourth-order valence-corrected chi connectivity index (χ4v) is 4.58. The molecule has 0 aliphatic carbocycles. The SMILES string of the molecule is COc1ccc2c(c1)CC(C(=O)N1CCS(=O)CC(C)C1)CO2. The van der Waals surface area contributed by atoms with Crippen LogP contribution in [0.4, 0.5) is 0 Å². The Morgan fingerprint density at radius 1 is 1.43 bits per heavy atom. The number of rotatable bonds is 2. The van der Waals surface area contributed by atoms with Gasteiger partial charge in [0.15, 0.2) is 0 Å². The highest BCUT2D eigenvalue weighted by atomic mass is 32.2. The van der Waals surface area contributed by atoms with Crippen LogP contribution >= 0.6 is 0 Å². The number of hydrogen-bond donors (Lipinski definition) is 0. The minimum absolute atomic E-state index is 0.115. The monoisotopic (exact) mass is 337 g/mol. The molecule has 126 valence electrons. The molecule has 1 aromatic rings. The van der Waals surface area contributed by atoms with E-state index in [0.29, 0.717) is 37.6 Å². The summed E-state index contributed by atoms with van der Waals surface area (Å²) in [5, 5.41) is 0. The highest BCUT2D eigenvalue weighted by Gasteiger charge is 2.31. The number of methoxy groups -OCH3 is 1. The van der Waals surface area contributed by atoms with E-state index in [1.54, 1.807) is 7.11 Å². The first-order valence-corrected chi connectivity index (χ1v) is 9.49. The zero-order chi connectivity index (χ0) is 16.4. The number of carbonyl (C=O) groups excluding carboxylic acids is 1. The Morgan fingerprint density at radius 3 is 3.04 bits per heavy atom. The van der Waals surface area contributed by atoms with Crippen molar-refractivity contribution in [2.45, 2.75) is 13.3 Å². The van der Waals surface area contributed by atoms with Gasteiger partial charge in [-0.25, -0.2) is 0 Å². The van der Waals surface area contributed by atoms with Gasteiger partial charge in [0, 0.05) is 35.4 Å². The Labute approximate surface area is 139 Å². The van der Waals surface area contributed by atoms with Crippen molar-refractivity contribution in [2.75, 3.05) is 38.3 Å². The molecule has 3 atom stereocenters. The van der Waals surface area contributed by atoms with Gasteiger partial charge in [-0.05, 0) is 36.1 Å². The molecule has 1 saturated heterocycles. The molecule has 0 N–H and O–H groups in total. The molecule has 0 bridgehead atoms. The molecule has 0 aromatic heterocycles. The van der Waals surface area contributed by atoms with Gasteiger partial charge in [0.05, 0.1) is 13.0 Å². The zero-order valence-electron chi connectivity index (χ0n) is 13.6. The summed E-state index contributed by atoms with van der Waals surface area (Å²) >= 11 is 0. The van der Waals surface area contributed by atoms with Gasteiger partial charge >= 0.3 is 0 Å². The van der Waals surface area contributed by atoms with Crippen molar-refractivity contribution in [3.05, 3.63) is 23.8 Å². The van der Waals surface area contributed by atoms with Gasteiger partial charge < -0.3 is 14.4 Å². The Kier molecular flexibility index (Phi) is 4.90. The second kappa shape index (κ2) is 6.91. The van der Waals surface area contributed by atoms with Crippen LogP contribution in [0.2, 0.25) is 0 Å². The van der Waals surface area contributed by atoms with Gasteiger partial charge in [0.2, 0.25) is 5.91 Å². The minimum Gasteiger partial charge on any atom is -0.497 e. The number of ether oxygens (including phenoxy) is 2. The van der Waals surface area contributed by atoms with Gasteiger partial charge in [-0.1, -0.05) is 6.92 Å². The zero-order valence-corrected chi connectivity index (χ0v) is 14.4. The van der Waals surface area contributed by atoms with Gasteiger partial charge in [0.25, 0.3) is 0 Å². The summed E-state index contributed by atoms with van der Waals surface area (Å²) in [6.07, 6.45) is 0.666. The molecule has 5 nitrogen and oxygen atoms in total. The number of carbonyl (C=O) groups is 1. The molecule has 1 aromatic carbocycles. The van der Waals surface area contributed by atoms with Crippen LogP contribution in [0.15, 0.2) is 18.2 Å². The van der Waals surface area contributed by atoms with E-state index in [-0.39, 0.29) is 17.7 Å². The number of nitrogens with zero attached hydrogens (tertiary/aromatic N) is 1. The van der Waals surface area contributed by atoms with Crippen molar-refractivity contribution < 1.29 is 18.5 Å². The largest absolute Gasteiger partial charge is 0.497 e. The quantitative estimate of drug-likeness (QED) is 0.820. The summed E-state index contributed by atoms with van der Waals surface area (Å²) in [7, 11) is 0.820. The van der Waals surface area contributed by atoms with Crippen molar-refractivity contribution in [1.82, 2.24) is 4.90 Å². The van der Waals surface area contributed by atoms with Gasteiger partial charge in [-0.2, -0.15) is 0 Å². The molecule has 0 radical (unpaired) electrons. The van der Waals surface area contributed by atoms with Crippen LogP contribution in [0, 0.1) is 11.8 Å². The van der Waals surface area contributed by atoms with Gasteiger partial charge in [-0.3, -0.25) is 9.00 Å². The summed E-state index contributed by atoms with van der Waals surface area (Å²) in [5.74, 6) is 3.09. The van der Waals surface area contributed by atoms with Crippen LogP contribution < -0.4 is 9.47 Å². The smallest absolute Gasteiger partial charge is 0.229 e. The molecular weight excluding hydrogens is 314 g/mol. The highest BCUT2D eigenvalue weighted by molar-refractivity contribution is 7.85. The Morgan fingerprint density at radius 2 is 2.26 bits per heavy atom. The molecule has 3 rings (SSSR count). The minimum atomic E-state index is -0.812. The van der Waals surface area contributed by atoms with E-state index < -0.39 is 10.8 Å². The van der Waals surface area contributed by atoms with Crippen molar-refractivity contribution in [2.24, 2.45) is 11.8 Å². The lowest BCUT2D eigenvalue weighted by molar-refractivity contribution is -0.137. The lowest BCUT2D eigenvalue weighted by atomic mass is 9.95. The van der Waals surface area contributed by atoms with E-state index in [4.69, 9.17) is 9.47 Å². The molecule has 2 aliphatic heterocycles. The van der Waals surface area contributed by atoms with E-state index in [9.17, 15) is 9.00 Å². The predicted octanol–water partition coefficient (Wildman–Crippen LogP) is 1.47. The van der Waals surface area contributed by atoms with E-state index in [1.807, 2.05) is 23.1 Å². The molecule has 1 fully saturated rings. The van der Waals surface area contributed by atoms with E-state index >= 15 is 0 Å². The fraction of sp³-hybridized carbons (Fsp3) is 0.588. The third kappa shape index (κ3) is 3.68. The van der Waals surface area contributed by atoms with E-state index in [1.165, 1.54) is 0 Å². The average molecular weight is 337 g/mol. The third-order valence-corrected chi connectivity index (χ3v) is 6.00. The molecule has 1 amide bonds. The van der Waals surface area contributed by atoms with Crippen LogP contribution in [0.5, 0.6) is 11.5 Å². The molecule has 6 heteroatoms. The Bertz CT molecular complexity index is 619. The van der Waals surface area contributed by atoms with Gasteiger partial charge in [-0.15, -0.1) is 0 Å². The van der Waals surface area contributed by atoms with Crippen molar-refractivity contribution >= 4 is 16.7 Å². The van der Waals surface area contributed by atoms with Crippen molar-refractivity contribution in [1.29, 1.82) is 0 Å². The Hall–Kier alpha value is -1.56. The second-order valence-electron chi connectivity index (χ2n) is 6.39. The molecular formula is C17H23NO4S. The summed E-state index contributed by atoms with van der Waals surface area (Å²) in [5.41, 5.74) is 1.01. The maximum atomic E-state index is 12.8. The summed E-state index contributed by atoms with van der Waals surface area (Å²) in [6, 6.07) is 5.70. The molecule has 0 saturated carbocycles. The second-order valence-corrected chi connectivity index (χ2v) is 8.01. The number of amides is 1. The van der Waals surface area contributed by atoms with Crippen LogP contribution in [-0.4, -0.2) is 53.3 Å². The summed E-state index contributed by atoms with van der Waals surface area (Å²) < 4.78 is 22.8. The Balaban J connectivity index is 1.72. The van der Waals surface area contributed by atoms with Gasteiger partial charge in [0.1, 0.15) is 18.1 Å². The number of fused-ring (bicyclic) bond motifs is 1. The highest BCUT2D eigenvalue weighted by Crippen LogP contribution is 2.31. The van der Waals surface area contributed by atoms with Crippen molar-refractivity contribution in [3.63, 3.8) is 0 Å². The molecule has 2 heterocycles. The predicted molar refractivity (Wildman–Crippen MR) is 89.3 cm³/mol. The topological polar surface area (TPSA) is 55.8 Å². The summed E-state index contributed by atoms with van der Waals surface area (Å²) in [4.78, 5) is 14.7. The molecule has 2 aliphatic rings. The lowest BCUT2D eigenvalue weighted by Gasteiger charge is -2.30. The number of hydrogen-bond acceptors (Lipinski definition) is 4. The normalized spacial score (nSPS) is 27.6. The van der Waals surface area contributed by atoms with Crippen LogP contribution in [0.1, 0.15) is 12.5 Å².